The first-order chi connectivity index (χ1) is 14.0. The Morgan fingerprint density at radius 3 is 2.55 bits per heavy atom. The molecule has 0 fully saturated rings. The molecule has 2 heterocycles. The van der Waals surface area contributed by atoms with Crippen LogP contribution in [0.5, 0.6) is 0 Å². The molecule has 0 radical (unpaired) electrons. The average molecular weight is 389 g/mol. The Morgan fingerprint density at radius 1 is 1.14 bits per heavy atom. The minimum atomic E-state index is -0.857. The van der Waals surface area contributed by atoms with Crippen LogP contribution in [0.1, 0.15) is 17.2 Å². The predicted molar refractivity (Wildman–Crippen MR) is 108 cm³/mol. The summed E-state index contributed by atoms with van der Waals surface area (Å²) in [5, 5.41) is 30.5. The lowest BCUT2D eigenvalue weighted by Crippen LogP contribution is -2.05. The van der Waals surface area contributed by atoms with E-state index in [1.807, 2.05) is 30.5 Å². The van der Waals surface area contributed by atoms with Crippen LogP contribution >= 0.6 is 0 Å². The quantitative estimate of drug-likeness (QED) is 0.402. The van der Waals surface area contributed by atoms with Gasteiger partial charge in [-0.1, -0.05) is 24.3 Å². The molecule has 0 aliphatic rings. The molecule has 8 heteroatoms. The van der Waals surface area contributed by atoms with Gasteiger partial charge >= 0.3 is 0 Å². The molecule has 0 aliphatic carbocycles. The lowest BCUT2D eigenvalue weighted by molar-refractivity contribution is -0.385. The summed E-state index contributed by atoms with van der Waals surface area (Å²) in [5.41, 5.74) is 3.54. The molecule has 0 saturated heterocycles. The van der Waals surface area contributed by atoms with Crippen LogP contribution in [0, 0.1) is 10.1 Å². The fourth-order valence-corrected chi connectivity index (χ4v) is 3.25. The predicted octanol–water partition coefficient (Wildman–Crippen LogP) is 3.46. The lowest BCUT2D eigenvalue weighted by Gasteiger charge is -2.13. The highest BCUT2D eigenvalue weighted by atomic mass is 16.6. The maximum atomic E-state index is 11.6. The summed E-state index contributed by atoms with van der Waals surface area (Å²) in [6, 6.07) is 14.2. The number of benzene rings is 2. The van der Waals surface area contributed by atoms with Crippen molar-refractivity contribution in [3.63, 3.8) is 0 Å². The van der Waals surface area contributed by atoms with Gasteiger partial charge in [0.05, 0.1) is 22.9 Å². The molecule has 8 nitrogen and oxygen atoms in total. The van der Waals surface area contributed by atoms with E-state index in [-0.39, 0.29) is 12.1 Å². The number of aliphatic hydroxyl groups is 1. The van der Waals surface area contributed by atoms with Crippen molar-refractivity contribution in [2.45, 2.75) is 12.5 Å². The van der Waals surface area contributed by atoms with Gasteiger partial charge in [0, 0.05) is 49.3 Å². The molecule has 1 atom stereocenters. The average Bonchev–Trinajstić information content (AvgIpc) is 3.40. The molecule has 0 amide bonds. The van der Waals surface area contributed by atoms with Crippen LogP contribution in [0.25, 0.3) is 16.8 Å². The van der Waals surface area contributed by atoms with Crippen molar-refractivity contribution in [1.82, 2.24) is 19.6 Å². The van der Waals surface area contributed by atoms with Crippen molar-refractivity contribution in [2.75, 3.05) is 0 Å². The standard InChI is InChI=1S/C21H19N5O3/c1-24-14-18(13-23-24)16-3-4-17(20(11-16)26(28)29)12-21(27)15-5-7-19(8-6-15)25-10-2-9-22-25/h2-11,13-14,21,27H,12H2,1H3/t21-/m1/s1. The monoisotopic (exact) mass is 389 g/mol. The molecule has 4 rings (SSSR count). The zero-order chi connectivity index (χ0) is 20.4. The van der Waals surface area contributed by atoms with E-state index in [0.29, 0.717) is 16.7 Å². The Balaban J connectivity index is 1.57. The topological polar surface area (TPSA) is 99.0 Å². The number of rotatable bonds is 6. The highest BCUT2D eigenvalue weighted by Gasteiger charge is 2.19. The molecule has 1 N–H and O–H groups in total. The smallest absolute Gasteiger partial charge is 0.273 e. The first-order valence-electron chi connectivity index (χ1n) is 9.05. The summed E-state index contributed by atoms with van der Waals surface area (Å²) in [4.78, 5) is 11.2. The van der Waals surface area contributed by atoms with Gasteiger partial charge < -0.3 is 5.11 Å². The third-order valence-corrected chi connectivity index (χ3v) is 4.78. The maximum absolute atomic E-state index is 11.6. The fourth-order valence-electron chi connectivity index (χ4n) is 3.25. The van der Waals surface area contributed by atoms with Gasteiger partial charge in [0.15, 0.2) is 0 Å². The third-order valence-electron chi connectivity index (χ3n) is 4.78. The number of nitrogens with zero attached hydrogens (tertiary/aromatic N) is 5. The highest BCUT2D eigenvalue weighted by molar-refractivity contribution is 5.66. The minimum absolute atomic E-state index is 0.0152. The lowest BCUT2D eigenvalue weighted by atomic mass is 9.97. The van der Waals surface area contributed by atoms with Gasteiger partial charge in [-0.05, 0) is 29.3 Å². The largest absolute Gasteiger partial charge is 0.388 e. The number of aliphatic hydroxyl groups excluding tert-OH is 1. The molecule has 2 aromatic heterocycles. The van der Waals surface area contributed by atoms with Crippen LogP contribution in [0.2, 0.25) is 0 Å². The van der Waals surface area contributed by atoms with E-state index in [0.717, 1.165) is 11.3 Å². The Labute approximate surface area is 166 Å². The van der Waals surface area contributed by atoms with Crippen molar-refractivity contribution >= 4 is 5.69 Å². The number of nitro benzene ring substituents is 1. The normalized spacial score (nSPS) is 12.1. The first-order valence-corrected chi connectivity index (χ1v) is 9.05. The van der Waals surface area contributed by atoms with Crippen molar-refractivity contribution in [2.24, 2.45) is 7.05 Å². The van der Waals surface area contributed by atoms with Crippen LogP contribution in [-0.2, 0) is 13.5 Å². The van der Waals surface area contributed by atoms with E-state index >= 15 is 0 Å². The van der Waals surface area contributed by atoms with Crippen molar-refractivity contribution in [1.29, 1.82) is 0 Å². The van der Waals surface area contributed by atoms with Gasteiger partial charge in [0.1, 0.15) is 0 Å². The Bertz CT molecular complexity index is 1130. The van der Waals surface area contributed by atoms with E-state index in [2.05, 4.69) is 10.2 Å². The SMILES string of the molecule is Cn1cc(-c2ccc(C[C@@H](O)c3ccc(-n4cccn4)cc3)c([N+](=O)[O-])c2)cn1. The summed E-state index contributed by atoms with van der Waals surface area (Å²) < 4.78 is 3.36. The van der Waals surface area contributed by atoms with Crippen LogP contribution < -0.4 is 0 Å². The van der Waals surface area contributed by atoms with E-state index in [4.69, 9.17) is 0 Å². The number of aryl methyl sites for hydroxylation is 1. The van der Waals surface area contributed by atoms with E-state index in [9.17, 15) is 15.2 Å². The van der Waals surface area contributed by atoms with E-state index < -0.39 is 11.0 Å². The molecule has 2 aromatic carbocycles. The minimum Gasteiger partial charge on any atom is -0.388 e. The van der Waals surface area contributed by atoms with Gasteiger partial charge in [0.2, 0.25) is 0 Å². The van der Waals surface area contributed by atoms with E-state index in [1.165, 1.54) is 6.07 Å². The number of hydrogen-bond donors (Lipinski definition) is 1. The maximum Gasteiger partial charge on any atom is 0.273 e. The molecule has 4 aromatic rings. The van der Waals surface area contributed by atoms with E-state index in [1.54, 1.807) is 53.2 Å². The molecular formula is C21H19N5O3. The second-order valence-corrected chi connectivity index (χ2v) is 6.77. The van der Waals surface area contributed by atoms with Gasteiger partial charge in [-0.2, -0.15) is 10.2 Å². The summed E-state index contributed by atoms with van der Waals surface area (Å²) in [7, 11) is 1.79. The molecule has 0 bridgehead atoms. The molecule has 146 valence electrons. The summed E-state index contributed by atoms with van der Waals surface area (Å²) in [6.07, 6.45) is 6.27. The van der Waals surface area contributed by atoms with Gasteiger partial charge in [-0.15, -0.1) is 0 Å². The van der Waals surface area contributed by atoms with Gasteiger partial charge in [-0.25, -0.2) is 4.68 Å². The summed E-state index contributed by atoms with van der Waals surface area (Å²) in [5.74, 6) is 0. The highest BCUT2D eigenvalue weighted by Crippen LogP contribution is 2.30. The second-order valence-electron chi connectivity index (χ2n) is 6.77. The zero-order valence-electron chi connectivity index (χ0n) is 15.7. The fraction of sp³-hybridized carbons (Fsp3) is 0.143. The van der Waals surface area contributed by atoms with Gasteiger partial charge in [0.25, 0.3) is 5.69 Å². The first kappa shape index (κ1) is 18.6. The molecular weight excluding hydrogens is 370 g/mol. The summed E-state index contributed by atoms with van der Waals surface area (Å²) >= 11 is 0. The Hall–Kier alpha value is -3.78. The van der Waals surface area contributed by atoms with Crippen molar-refractivity contribution in [3.05, 3.63) is 94.6 Å². The number of aromatic nitrogens is 4. The van der Waals surface area contributed by atoms with Crippen LogP contribution in [-0.4, -0.2) is 29.6 Å². The molecule has 0 spiro atoms. The van der Waals surface area contributed by atoms with Crippen LogP contribution in [0.4, 0.5) is 5.69 Å². The Morgan fingerprint density at radius 2 is 1.93 bits per heavy atom. The van der Waals surface area contributed by atoms with Gasteiger partial charge in [-0.3, -0.25) is 14.8 Å². The van der Waals surface area contributed by atoms with Crippen LogP contribution in [0.15, 0.2) is 73.3 Å². The molecule has 0 unspecified atom stereocenters. The molecule has 0 aliphatic heterocycles. The number of hydrogen-bond acceptors (Lipinski definition) is 5. The Kier molecular flexibility index (Phi) is 4.92. The second kappa shape index (κ2) is 7.69. The zero-order valence-corrected chi connectivity index (χ0v) is 15.7. The third kappa shape index (κ3) is 3.92. The molecule has 0 saturated carbocycles. The number of nitro groups is 1. The van der Waals surface area contributed by atoms with Crippen molar-refractivity contribution in [3.8, 4) is 16.8 Å². The summed E-state index contributed by atoms with van der Waals surface area (Å²) in [6.45, 7) is 0. The molecule has 29 heavy (non-hydrogen) atoms. The van der Waals surface area contributed by atoms with Crippen LogP contribution in [0.3, 0.4) is 0 Å². The van der Waals surface area contributed by atoms with Crippen molar-refractivity contribution < 1.29 is 10.0 Å².